The van der Waals surface area contributed by atoms with Gasteiger partial charge in [-0.1, -0.05) is 49.4 Å². The van der Waals surface area contributed by atoms with Crippen LogP contribution in [0, 0.1) is 18.3 Å². The molecule has 0 spiro atoms. The van der Waals surface area contributed by atoms with Crippen LogP contribution >= 0.6 is 0 Å². The van der Waals surface area contributed by atoms with Crippen LogP contribution in [-0.4, -0.2) is 21.9 Å². The maximum Gasteiger partial charge on any atom is 0.292 e. The molecule has 144 valence electrons. The fourth-order valence-corrected chi connectivity index (χ4v) is 2.76. The molecule has 2 aromatic carbocycles. The summed E-state index contributed by atoms with van der Waals surface area (Å²) in [5.41, 5.74) is 4.27. The van der Waals surface area contributed by atoms with Crippen LogP contribution in [0.3, 0.4) is 0 Å². The van der Waals surface area contributed by atoms with Gasteiger partial charge in [-0.25, -0.2) is 5.43 Å². The van der Waals surface area contributed by atoms with Gasteiger partial charge in [-0.3, -0.25) is 9.59 Å². The van der Waals surface area contributed by atoms with Gasteiger partial charge in [-0.2, -0.15) is 20.1 Å². The largest absolute Gasteiger partial charge is 0.292 e. The zero-order chi connectivity index (χ0) is 20.8. The number of hydrogen-bond acceptors (Lipinski definition) is 5. The lowest BCUT2D eigenvalue weighted by Gasteiger charge is -2.11. The van der Waals surface area contributed by atoms with E-state index in [-0.39, 0.29) is 16.8 Å². The molecule has 1 heterocycles. The van der Waals surface area contributed by atoms with Crippen LogP contribution in [0.2, 0.25) is 0 Å². The molecule has 0 saturated carbocycles. The number of rotatable bonds is 5. The van der Waals surface area contributed by atoms with Crippen LogP contribution < -0.4 is 11.0 Å². The van der Waals surface area contributed by atoms with E-state index in [1.807, 2.05) is 55.5 Å². The van der Waals surface area contributed by atoms with Crippen molar-refractivity contribution in [2.45, 2.75) is 20.3 Å². The van der Waals surface area contributed by atoms with E-state index in [0.717, 1.165) is 22.2 Å². The van der Waals surface area contributed by atoms with Crippen LogP contribution in [0.25, 0.3) is 5.69 Å². The van der Waals surface area contributed by atoms with Crippen molar-refractivity contribution < 1.29 is 4.79 Å². The maximum absolute atomic E-state index is 12.7. The number of carbonyl (C=O) groups excluding carboxylic acids is 1. The molecule has 7 heteroatoms. The normalized spacial score (nSPS) is 10.7. The van der Waals surface area contributed by atoms with Crippen LogP contribution in [0.1, 0.15) is 39.7 Å². The molecule has 7 nitrogen and oxygen atoms in total. The second-order valence-electron chi connectivity index (χ2n) is 6.31. The first kappa shape index (κ1) is 19.7. The molecule has 0 saturated heterocycles. The SMILES string of the molecule is CCc1ccc(-n2nc(C(=O)N/N=C/c3ccccc3)c(C)c(C#N)c2=O)cc1. The molecule has 0 radical (unpaired) electrons. The van der Waals surface area contributed by atoms with Crippen molar-refractivity contribution in [2.75, 3.05) is 0 Å². The van der Waals surface area contributed by atoms with Crippen LogP contribution in [0.5, 0.6) is 0 Å². The van der Waals surface area contributed by atoms with E-state index < -0.39 is 11.5 Å². The highest BCUT2D eigenvalue weighted by Crippen LogP contribution is 2.12. The number of carbonyl (C=O) groups is 1. The Morgan fingerprint density at radius 1 is 1.21 bits per heavy atom. The van der Waals surface area contributed by atoms with Gasteiger partial charge in [0.1, 0.15) is 11.6 Å². The lowest BCUT2D eigenvalue weighted by Crippen LogP contribution is -2.31. The average Bonchev–Trinajstić information content (AvgIpc) is 2.75. The second-order valence-corrected chi connectivity index (χ2v) is 6.31. The number of benzene rings is 2. The van der Waals surface area contributed by atoms with Crippen LogP contribution in [0.15, 0.2) is 64.5 Å². The Morgan fingerprint density at radius 2 is 1.90 bits per heavy atom. The van der Waals surface area contributed by atoms with E-state index in [1.165, 1.54) is 13.1 Å². The summed E-state index contributed by atoms with van der Waals surface area (Å²) in [6.45, 7) is 3.55. The first-order valence-corrected chi connectivity index (χ1v) is 9.07. The molecular weight excluding hydrogens is 366 g/mol. The summed E-state index contributed by atoms with van der Waals surface area (Å²) in [5.74, 6) is -0.606. The predicted octanol–water partition coefficient (Wildman–Crippen LogP) is 2.74. The number of amides is 1. The van der Waals surface area contributed by atoms with E-state index in [4.69, 9.17) is 0 Å². The van der Waals surface area contributed by atoms with Crippen molar-refractivity contribution in [1.29, 1.82) is 5.26 Å². The molecule has 0 aliphatic rings. The minimum Gasteiger partial charge on any atom is -0.266 e. The van der Waals surface area contributed by atoms with Gasteiger partial charge in [0.2, 0.25) is 0 Å². The van der Waals surface area contributed by atoms with Gasteiger partial charge >= 0.3 is 0 Å². The number of nitriles is 1. The standard InChI is InChI=1S/C22H19N5O2/c1-3-16-9-11-18(12-10-16)27-22(29)19(13-23)15(2)20(26-27)21(28)25-24-14-17-7-5-4-6-8-17/h4-12,14H,3H2,1-2H3,(H,25,28)/b24-14+. The van der Waals surface area contributed by atoms with Gasteiger partial charge in [-0.15, -0.1) is 0 Å². The third kappa shape index (κ3) is 4.28. The predicted molar refractivity (Wildman–Crippen MR) is 110 cm³/mol. The molecule has 0 atom stereocenters. The third-order valence-electron chi connectivity index (χ3n) is 4.43. The van der Waals surface area contributed by atoms with Crippen molar-refractivity contribution in [3.63, 3.8) is 0 Å². The summed E-state index contributed by atoms with van der Waals surface area (Å²) in [6.07, 6.45) is 2.35. The minimum absolute atomic E-state index is 0.0362. The number of hydrogen-bond donors (Lipinski definition) is 1. The molecule has 0 aliphatic carbocycles. The molecule has 0 unspecified atom stereocenters. The molecule has 1 N–H and O–H groups in total. The van der Waals surface area contributed by atoms with Crippen molar-refractivity contribution in [1.82, 2.24) is 15.2 Å². The van der Waals surface area contributed by atoms with Gasteiger partial charge in [-0.05, 0) is 36.6 Å². The third-order valence-corrected chi connectivity index (χ3v) is 4.43. The smallest absolute Gasteiger partial charge is 0.266 e. The van der Waals surface area contributed by atoms with E-state index in [0.29, 0.717) is 5.69 Å². The minimum atomic E-state index is -0.606. The van der Waals surface area contributed by atoms with Gasteiger partial charge in [0.15, 0.2) is 5.69 Å². The van der Waals surface area contributed by atoms with E-state index in [1.54, 1.807) is 12.1 Å². The van der Waals surface area contributed by atoms with E-state index in [9.17, 15) is 14.9 Å². The highest BCUT2D eigenvalue weighted by atomic mass is 16.2. The summed E-state index contributed by atoms with van der Waals surface area (Å²) in [6, 6.07) is 18.4. The fourth-order valence-electron chi connectivity index (χ4n) is 2.76. The van der Waals surface area contributed by atoms with Crippen molar-refractivity contribution >= 4 is 12.1 Å². The number of aryl methyl sites for hydroxylation is 1. The molecule has 3 aromatic rings. The summed E-state index contributed by atoms with van der Waals surface area (Å²) in [4.78, 5) is 25.3. The highest BCUT2D eigenvalue weighted by molar-refractivity contribution is 5.94. The summed E-state index contributed by atoms with van der Waals surface area (Å²) in [7, 11) is 0. The molecule has 1 aromatic heterocycles. The molecule has 1 amide bonds. The Balaban J connectivity index is 1.97. The summed E-state index contributed by atoms with van der Waals surface area (Å²) in [5, 5.41) is 17.6. The van der Waals surface area contributed by atoms with E-state index >= 15 is 0 Å². The topological polar surface area (TPSA) is 100 Å². The first-order valence-electron chi connectivity index (χ1n) is 9.07. The highest BCUT2D eigenvalue weighted by Gasteiger charge is 2.20. The van der Waals surface area contributed by atoms with Crippen molar-refractivity contribution in [3.05, 3.63) is 92.9 Å². The molecule has 0 fully saturated rings. The number of nitrogens with zero attached hydrogens (tertiary/aromatic N) is 4. The van der Waals surface area contributed by atoms with Crippen molar-refractivity contribution in [2.24, 2.45) is 5.10 Å². The van der Waals surface area contributed by atoms with Crippen LogP contribution in [0.4, 0.5) is 0 Å². The Morgan fingerprint density at radius 3 is 2.52 bits per heavy atom. The lowest BCUT2D eigenvalue weighted by molar-refractivity contribution is 0.0947. The summed E-state index contributed by atoms with van der Waals surface area (Å²) < 4.78 is 1.07. The number of aromatic nitrogens is 2. The number of nitrogens with one attached hydrogen (secondary N) is 1. The molecule has 3 rings (SSSR count). The van der Waals surface area contributed by atoms with Gasteiger partial charge < -0.3 is 0 Å². The number of hydrazone groups is 1. The monoisotopic (exact) mass is 385 g/mol. The van der Waals surface area contributed by atoms with E-state index in [2.05, 4.69) is 15.6 Å². The molecule has 0 bridgehead atoms. The lowest BCUT2D eigenvalue weighted by atomic mass is 10.1. The molecule has 0 aliphatic heterocycles. The Labute approximate surface area is 167 Å². The van der Waals surface area contributed by atoms with Gasteiger partial charge in [0.05, 0.1) is 11.9 Å². The Kier molecular flexibility index (Phi) is 5.95. The summed E-state index contributed by atoms with van der Waals surface area (Å²) >= 11 is 0. The van der Waals surface area contributed by atoms with Gasteiger partial charge in [0.25, 0.3) is 11.5 Å². The Hall–Kier alpha value is -4.05. The maximum atomic E-state index is 12.7. The van der Waals surface area contributed by atoms with Crippen molar-refractivity contribution in [3.8, 4) is 11.8 Å². The average molecular weight is 385 g/mol. The first-order chi connectivity index (χ1) is 14.0. The quantitative estimate of drug-likeness (QED) is 0.539. The fraction of sp³-hybridized carbons (Fsp3) is 0.136. The molecular formula is C22H19N5O2. The second kappa shape index (κ2) is 8.76. The Bertz CT molecular complexity index is 1160. The zero-order valence-corrected chi connectivity index (χ0v) is 16.1. The van der Waals surface area contributed by atoms with Gasteiger partial charge in [0, 0.05) is 5.56 Å². The zero-order valence-electron chi connectivity index (χ0n) is 16.1. The molecule has 29 heavy (non-hydrogen) atoms. The van der Waals surface area contributed by atoms with Crippen LogP contribution in [-0.2, 0) is 6.42 Å².